The second kappa shape index (κ2) is 2.79. The highest BCUT2D eigenvalue weighted by molar-refractivity contribution is 5.62. The molecule has 1 spiro atoms. The molecular weight excluding hydrogens is 180 g/mol. The van der Waals surface area contributed by atoms with E-state index in [9.17, 15) is 9.59 Å². The van der Waals surface area contributed by atoms with Crippen LogP contribution in [0.15, 0.2) is 0 Å². The van der Waals surface area contributed by atoms with Crippen LogP contribution < -0.4 is 0 Å². The SMILES string of the molecule is O=C1OCC2(CO1)COC(=O)OC2. The van der Waals surface area contributed by atoms with E-state index in [-0.39, 0.29) is 26.4 Å². The predicted octanol–water partition coefficient (Wildman–Crippen LogP) is 0.306. The summed E-state index contributed by atoms with van der Waals surface area (Å²) in [5.41, 5.74) is -0.512. The van der Waals surface area contributed by atoms with Crippen molar-refractivity contribution in [3.8, 4) is 0 Å². The third-order valence-electron chi connectivity index (χ3n) is 1.98. The van der Waals surface area contributed by atoms with Gasteiger partial charge in [0.15, 0.2) is 0 Å². The maximum absolute atomic E-state index is 10.6. The molecule has 0 bridgehead atoms. The summed E-state index contributed by atoms with van der Waals surface area (Å²) < 4.78 is 18.7. The fourth-order valence-electron chi connectivity index (χ4n) is 1.18. The van der Waals surface area contributed by atoms with Crippen molar-refractivity contribution in [1.82, 2.24) is 0 Å². The summed E-state index contributed by atoms with van der Waals surface area (Å²) in [6, 6.07) is 0. The van der Waals surface area contributed by atoms with Gasteiger partial charge in [0.05, 0.1) is 0 Å². The predicted molar refractivity (Wildman–Crippen MR) is 37.0 cm³/mol. The Bertz CT molecular complexity index is 198. The lowest BCUT2D eigenvalue weighted by Crippen LogP contribution is -2.49. The normalized spacial score (nSPS) is 25.5. The molecule has 2 rings (SSSR count). The third kappa shape index (κ3) is 1.51. The van der Waals surface area contributed by atoms with E-state index in [0.717, 1.165) is 0 Å². The fourth-order valence-corrected chi connectivity index (χ4v) is 1.18. The van der Waals surface area contributed by atoms with Crippen molar-refractivity contribution in [3.05, 3.63) is 0 Å². The minimum atomic E-state index is -0.692. The van der Waals surface area contributed by atoms with Crippen molar-refractivity contribution in [2.45, 2.75) is 0 Å². The molecule has 2 saturated heterocycles. The summed E-state index contributed by atoms with van der Waals surface area (Å²) in [5.74, 6) is 0. The molecule has 0 aromatic carbocycles. The Morgan fingerprint density at radius 3 is 1.38 bits per heavy atom. The van der Waals surface area contributed by atoms with Gasteiger partial charge in [-0.3, -0.25) is 0 Å². The zero-order valence-electron chi connectivity index (χ0n) is 6.78. The molecule has 0 aromatic rings. The van der Waals surface area contributed by atoms with Crippen LogP contribution in [0.5, 0.6) is 0 Å². The Morgan fingerprint density at radius 2 is 1.08 bits per heavy atom. The number of hydrogen-bond donors (Lipinski definition) is 0. The van der Waals surface area contributed by atoms with Gasteiger partial charge in [0, 0.05) is 0 Å². The molecule has 6 heteroatoms. The van der Waals surface area contributed by atoms with Gasteiger partial charge in [0.1, 0.15) is 31.8 Å². The molecule has 2 heterocycles. The number of carbonyl (C=O) groups excluding carboxylic acids is 2. The average molecular weight is 188 g/mol. The Labute approximate surface area is 73.7 Å². The van der Waals surface area contributed by atoms with Gasteiger partial charge >= 0.3 is 12.3 Å². The van der Waals surface area contributed by atoms with Gasteiger partial charge in [-0.2, -0.15) is 0 Å². The lowest BCUT2D eigenvalue weighted by Gasteiger charge is -2.36. The largest absolute Gasteiger partial charge is 0.508 e. The molecule has 0 atom stereocenters. The highest BCUT2D eigenvalue weighted by atomic mass is 16.8. The Balaban J connectivity index is 1.98. The molecule has 0 unspecified atom stereocenters. The van der Waals surface area contributed by atoms with Crippen molar-refractivity contribution in [1.29, 1.82) is 0 Å². The van der Waals surface area contributed by atoms with Gasteiger partial charge in [0.25, 0.3) is 0 Å². The first-order valence-corrected chi connectivity index (χ1v) is 3.79. The zero-order valence-corrected chi connectivity index (χ0v) is 6.78. The van der Waals surface area contributed by atoms with Gasteiger partial charge in [-0.25, -0.2) is 9.59 Å². The number of hydrogen-bond acceptors (Lipinski definition) is 6. The molecule has 2 aliphatic heterocycles. The summed E-state index contributed by atoms with van der Waals surface area (Å²) in [6.07, 6.45) is -1.38. The van der Waals surface area contributed by atoms with Crippen LogP contribution >= 0.6 is 0 Å². The summed E-state index contributed by atoms with van der Waals surface area (Å²) in [4.78, 5) is 21.1. The molecule has 6 nitrogen and oxygen atoms in total. The second-order valence-electron chi connectivity index (χ2n) is 3.15. The van der Waals surface area contributed by atoms with E-state index in [1.54, 1.807) is 0 Å². The Morgan fingerprint density at radius 1 is 0.769 bits per heavy atom. The molecule has 2 fully saturated rings. The summed E-state index contributed by atoms with van der Waals surface area (Å²) in [6.45, 7) is 0.663. The van der Waals surface area contributed by atoms with Crippen molar-refractivity contribution < 1.29 is 28.5 Å². The van der Waals surface area contributed by atoms with Gasteiger partial charge in [0.2, 0.25) is 0 Å². The van der Waals surface area contributed by atoms with Gasteiger partial charge in [-0.15, -0.1) is 0 Å². The maximum Gasteiger partial charge on any atom is 0.508 e. The molecule has 0 aromatic heterocycles. The first-order valence-electron chi connectivity index (χ1n) is 3.79. The summed E-state index contributed by atoms with van der Waals surface area (Å²) >= 11 is 0. The third-order valence-corrected chi connectivity index (χ3v) is 1.98. The van der Waals surface area contributed by atoms with E-state index < -0.39 is 17.7 Å². The monoisotopic (exact) mass is 188 g/mol. The smallest absolute Gasteiger partial charge is 0.433 e. The fraction of sp³-hybridized carbons (Fsp3) is 0.714. The zero-order chi connectivity index (χ0) is 9.31. The first-order chi connectivity index (χ1) is 6.20. The quantitative estimate of drug-likeness (QED) is 0.509. The molecule has 2 aliphatic rings. The van der Waals surface area contributed by atoms with Crippen LogP contribution in [0.1, 0.15) is 0 Å². The molecular formula is C7H8O6. The van der Waals surface area contributed by atoms with E-state index in [0.29, 0.717) is 0 Å². The summed E-state index contributed by atoms with van der Waals surface area (Å²) in [7, 11) is 0. The summed E-state index contributed by atoms with van der Waals surface area (Å²) in [5, 5.41) is 0. The van der Waals surface area contributed by atoms with Crippen molar-refractivity contribution in [2.24, 2.45) is 5.41 Å². The number of ether oxygens (including phenoxy) is 4. The molecule has 13 heavy (non-hydrogen) atoms. The van der Waals surface area contributed by atoms with Gasteiger partial charge < -0.3 is 18.9 Å². The van der Waals surface area contributed by atoms with E-state index in [1.807, 2.05) is 0 Å². The lowest BCUT2D eigenvalue weighted by molar-refractivity contribution is -0.137. The lowest BCUT2D eigenvalue weighted by atomic mass is 9.91. The Kier molecular flexibility index (Phi) is 1.75. The Hall–Kier alpha value is -1.46. The number of carbonyl (C=O) groups is 2. The van der Waals surface area contributed by atoms with E-state index in [2.05, 4.69) is 18.9 Å². The van der Waals surface area contributed by atoms with Crippen molar-refractivity contribution in [3.63, 3.8) is 0 Å². The van der Waals surface area contributed by atoms with Gasteiger partial charge in [-0.05, 0) is 0 Å². The average Bonchev–Trinajstić information content (AvgIpc) is 2.16. The molecule has 0 radical (unpaired) electrons. The minimum absolute atomic E-state index is 0.166. The highest BCUT2D eigenvalue weighted by Gasteiger charge is 2.43. The maximum atomic E-state index is 10.6. The van der Waals surface area contributed by atoms with Crippen LogP contribution in [0.25, 0.3) is 0 Å². The van der Waals surface area contributed by atoms with E-state index in [4.69, 9.17) is 0 Å². The van der Waals surface area contributed by atoms with Crippen LogP contribution in [-0.4, -0.2) is 38.7 Å². The van der Waals surface area contributed by atoms with Gasteiger partial charge in [-0.1, -0.05) is 0 Å². The number of cyclic esters (lactones) is 4. The molecule has 0 N–H and O–H groups in total. The van der Waals surface area contributed by atoms with Crippen molar-refractivity contribution >= 4 is 12.3 Å². The molecule has 0 amide bonds. The molecule has 72 valence electrons. The second-order valence-corrected chi connectivity index (χ2v) is 3.15. The van der Waals surface area contributed by atoms with E-state index >= 15 is 0 Å². The standard InChI is InChI=1S/C7H8O6/c8-5-10-1-7(2-11-5)3-12-6(9)13-4-7/h1-4H2. The first kappa shape index (κ1) is 8.15. The highest BCUT2D eigenvalue weighted by Crippen LogP contribution is 2.27. The molecule has 0 saturated carbocycles. The number of rotatable bonds is 0. The van der Waals surface area contributed by atoms with Crippen LogP contribution in [0.3, 0.4) is 0 Å². The van der Waals surface area contributed by atoms with Crippen LogP contribution in [0.4, 0.5) is 9.59 Å². The minimum Gasteiger partial charge on any atom is -0.433 e. The molecule has 0 aliphatic carbocycles. The topological polar surface area (TPSA) is 71.1 Å². The van der Waals surface area contributed by atoms with E-state index in [1.165, 1.54) is 0 Å². The van der Waals surface area contributed by atoms with Crippen molar-refractivity contribution in [2.75, 3.05) is 26.4 Å². The van der Waals surface area contributed by atoms with Crippen LogP contribution in [-0.2, 0) is 18.9 Å². The van der Waals surface area contributed by atoms with Crippen LogP contribution in [0, 0.1) is 5.41 Å². The van der Waals surface area contributed by atoms with Crippen LogP contribution in [0.2, 0.25) is 0 Å².